The Hall–Kier alpha value is -3.02. The van der Waals surface area contributed by atoms with Gasteiger partial charge < -0.3 is 15.0 Å². The number of rotatable bonds is 3. The normalized spacial score (nSPS) is 10.4. The number of H-pyrrole nitrogens is 3. The second-order valence-corrected chi connectivity index (χ2v) is 5.94. The molecule has 0 aliphatic carbocycles. The number of aromatic amines is 3. The predicted octanol–water partition coefficient (Wildman–Crippen LogP) is 5.46. The second-order valence-electron chi connectivity index (χ2n) is 5.94. The van der Waals surface area contributed by atoms with E-state index in [0.29, 0.717) is 0 Å². The molecule has 3 N–H and O–H groups in total. The molecule has 0 bridgehead atoms. The van der Waals surface area contributed by atoms with Gasteiger partial charge in [-0.15, -0.1) is 24.8 Å². The third-order valence-corrected chi connectivity index (χ3v) is 4.36. The van der Waals surface area contributed by atoms with Crippen molar-refractivity contribution < 1.29 is 0 Å². The molecule has 3 aromatic heterocycles. The van der Waals surface area contributed by atoms with E-state index in [2.05, 4.69) is 73.5 Å². The summed E-state index contributed by atoms with van der Waals surface area (Å²) in [5.41, 5.74) is 5.48. The Morgan fingerprint density at radius 3 is 1.85 bits per heavy atom. The van der Waals surface area contributed by atoms with Gasteiger partial charge in [-0.3, -0.25) is 0 Å². The molecule has 0 radical (unpaired) electrons. The molecule has 5 nitrogen and oxygen atoms in total. The summed E-state index contributed by atoms with van der Waals surface area (Å²) in [7, 11) is 0. The maximum absolute atomic E-state index is 4.31. The van der Waals surface area contributed by atoms with E-state index >= 15 is 0 Å². The van der Waals surface area contributed by atoms with E-state index in [0.717, 1.165) is 39.5 Å². The molecule has 0 unspecified atom stereocenters. The molecule has 5 rings (SSSR count). The summed E-state index contributed by atoms with van der Waals surface area (Å²) in [6.07, 6.45) is 7.19. The lowest BCUT2D eigenvalue weighted by Crippen LogP contribution is -1.82. The highest BCUT2D eigenvalue weighted by Gasteiger charge is 2.07. The van der Waals surface area contributed by atoms with Crippen molar-refractivity contribution in [3.63, 3.8) is 0 Å². The van der Waals surface area contributed by atoms with Crippen molar-refractivity contribution in [2.45, 2.75) is 0 Å². The van der Waals surface area contributed by atoms with Crippen molar-refractivity contribution in [2.24, 2.45) is 0 Å². The number of hydrogen-bond donors (Lipinski definition) is 3. The van der Waals surface area contributed by atoms with Crippen LogP contribution in [0.4, 0.5) is 0 Å². The van der Waals surface area contributed by atoms with Gasteiger partial charge in [0.1, 0.15) is 11.6 Å². The number of aromatic nitrogens is 5. The first-order chi connectivity index (χ1) is 12.4. The maximum Gasteiger partial charge on any atom is 0.137 e. The second kappa shape index (κ2) is 7.70. The lowest BCUT2D eigenvalue weighted by atomic mass is 10.1. The van der Waals surface area contributed by atoms with E-state index in [9.17, 15) is 0 Å². The predicted molar refractivity (Wildman–Crippen MR) is 113 cm³/mol. The van der Waals surface area contributed by atoms with Gasteiger partial charge >= 0.3 is 0 Å². The molecule has 0 atom stereocenters. The van der Waals surface area contributed by atoms with Gasteiger partial charge in [-0.1, -0.05) is 36.4 Å². The molecule has 0 aliphatic rings. The molecule has 7 heteroatoms. The summed E-state index contributed by atoms with van der Waals surface area (Å²) in [5.74, 6) is 1.76. The van der Waals surface area contributed by atoms with Crippen molar-refractivity contribution in [1.29, 1.82) is 0 Å². The number of fused-ring (bicyclic) bond motifs is 1. The maximum atomic E-state index is 4.31. The summed E-state index contributed by atoms with van der Waals surface area (Å²) < 4.78 is 0. The Morgan fingerprint density at radius 1 is 0.630 bits per heavy atom. The Kier molecular flexibility index (Phi) is 5.35. The molecule has 27 heavy (non-hydrogen) atoms. The molecular weight excluding hydrogens is 381 g/mol. The standard InChI is InChI=1S/C20H15N5.2ClH/c1-3-14(19-21-7-8-22-19)4-2-13(1)17-11-15-5-6-16(12-18(15)25-17)20-23-9-10-24-20;;/h1-12,25H,(H,21,22)(H,23,24);2*1H. The van der Waals surface area contributed by atoms with Gasteiger partial charge in [-0.25, -0.2) is 9.97 Å². The fourth-order valence-electron chi connectivity index (χ4n) is 3.08. The Labute approximate surface area is 168 Å². The Bertz CT molecular complexity index is 1130. The number of halogens is 2. The number of nitrogens with zero attached hydrogens (tertiary/aromatic N) is 2. The van der Waals surface area contributed by atoms with E-state index in [1.165, 1.54) is 5.39 Å². The van der Waals surface area contributed by atoms with Crippen LogP contribution in [0.25, 0.3) is 44.9 Å². The molecule has 0 saturated carbocycles. The summed E-state index contributed by atoms with van der Waals surface area (Å²) in [4.78, 5) is 18.4. The molecule has 2 aromatic carbocycles. The number of nitrogens with one attached hydrogen (secondary N) is 3. The fraction of sp³-hybridized carbons (Fsp3) is 0. The van der Waals surface area contributed by atoms with Gasteiger partial charge in [0.25, 0.3) is 0 Å². The van der Waals surface area contributed by atoms with Crippen LogP contribution >= 0.6 is 24.8 Å². The van der Waals surface area contributed by atoms with Crippen LogP contribution in [0.2, 0.25) is 0 Å². The van der Waals surface area contributed by atoms with Crippen molar-refractivity contribution >= 4 is 35.7 Å². The molecule has 3 heterocycles. The van der Waals surface area contributed by atoms with Gasteiger partial charge in [0, 0.05) is 52.5 Å². The fourth-order valence-corrected chi connectivity index (χ4v) is 3.08. The van der Waals surface area contributed by atoms with Crippen molar-refractivity contribution in [1.82, 2.24) is 24.9 Å². The van der Waals surface area contributed by atoms with Crippen LogP contribution in [-0.2, 0) is 0 Å². The summed E-state index contributed by atoms with van der Waals surface area (Å²) in [6.45, 7) is 0. The van der Waals surface area contributed by atoms with Gasteiger partial charge in [0.2, 0.25) is 0 Å². The van der Waals surface area contributed by atoms with E-state index in [4.69, 9.17) is 0 Å². The highest BCUT2D eigenvalue weighted by Crippen LogP contribution is 2.28. The monoisotopic (exact) mass is 397 g/mol. The lowest BCUT2D eigenvalue weighted by molar-refractivity contribution is 1.31. The van der Waals surface area contributed by atoms with Crippen LogP contribution in [-0.4, -0.2) is 24.9 Å². The van der Waals surface area contributed by atoms with E-state index in [1.807, 2.05) is 12.4 Å². The zero-order valence-corrected chi connectivity index (χ0v) is 15.8. The largest absolute Gasteiger partial charge is 0.355 e. The zero-order chi connectivity index (χ0) is 16.6. The Morgan fingerprint density at radius 2 is 1.22 bits per heavy atom. The quantitative estimate of drug-likeness (QED) is 0.378. The molecular formula is C20H17Cl2N5. The first-order valence-electron chi connectivity index (χ1n) is 8.09. The third kappa shape index (κ3) is 3.47. The van der Waals surface area contributed by atoms with E-state index < -0.39 is 0 Å². The van der Waals surface area contributed by atoms with Crippen LogP contribution in [0.5, 0.6) is 0 Å². The van der Waals surface area contributed by atoms with E-state index in [-0.39, 0.29) is 24.8 Å². The minimum atomic E-state index is 0. The number of benzene rings is 2. The highest BCUT2D eigenvalue weighted by molar-refractivity contribution is 5.89. The van der Waals surface area contributed by atoms with Gasteiger partial charge in [-0.2, -0.15) is 0 Å². The molecule has 0 aliphatic heterocycles. The van der Waals surface area contributed by atoms with Gasteiger partial charge in [-0.05, 0) is 17.7 Å². The summed E-state index contributed by atoms with van der Waals surface area (Å²) >= 11 is 0. The Balaban J connectivity index is 0.00000105. The van der Waals surface area contributed by atoms with Crippen molar-refractivity contribution in [3.05, 3.63) is 73.3 Å². The van der Waals surface area contributed by atoms with Gasteiger partial charge in [0.15, 0.2) is 0 Å². The first-order valence-corrected chi connectivity index (χ1v) is 8.09. The molecule has 5 aromatic rings. The SMILES string of the molecule is Cl.Cl.c1c[nH]c(-c2ccc(-c3cc4ccc(-c5ncc[nH]5)cc4[nH]3)cc2)n1. The molecule has 0 saturated heterocycles. The number of imidazole rings is 2. The third-order valence-electron chi connectivity index (χ3n) is 4.36. The van der Waals surface area contributed by atoms with Gasteiger partial charge in [0.05, 0.1) is 0 Å². The minimum Gasteiger partial charge on any atom is -0.355 e. The van der Waals surface area contributed by atoms with Crippen LogP contribution in [0, 0.1) is 0 Å². The van der Waals surface area contributed by atoms with Crippen LogP contribution < -0.4 is 0 Å². The average molecular weight is 398 g/mol. The summed E-state index contributed by atoms with van der Waals surface area (Å²) in [5, 5.41) is 1.18. The summed E-state index contributed by atoms with van der Waals surface area (Å²) in [6, 6.07) is 16.9. The smallest absolute Gasteiger partial charge is 0.137 e. The average Bonchev–Trinajstić information content (AvgIpc) is 3.42. The van der Waals surface area contributed by atoms with Crippen LogP contribution in [0.15, 0.2) is 73.3 Å². The van der Waals surface area contributed by atoms with Crippen LogP contribution in [0.3, 0.4) is 0 Å². The highest BCUT2D eigenvalue weighted by atomic mass is 35.5. The van der Waals surface area contributed by atoms with Crippen molar-refractivity contribution in [3.8, 4) is 34.0 Å². The molecule has 136 valence electrons. The first kappa shape index (κ1) is 18.8. The molecule has 0 spiro atoms. The topological polar surface area (TPSA) is 73.2 Å². The lowest BCUT2D eigenvalue weighted by Gasteiger charge is -2.00. The molecule has 0 fully saturated rings. The van der Waals surface area contributed by atoms with Crippen LogP contribution in [0.1, 0.15) is 0 Å². The van der Waals surface area contributed by atoms with Crippen molar-refractivity contribution in [2.75, 3.05) is 0 Å². The molecule has 0 amide bonds. The minimum absolute atomic E-state index is 0. The van der Waals surface area contributed by atoms with E-state index in [1.54, 1.807) is 12.4 Å². The number of hydrogen-bond acceptors (Lipinski definition) is 2. The zero-order valence-electron chi connectivity index (χ0n) is 14.1.